The van der Waals surface area contributed by atoms with E-state index in [9.17, 15) is 19.8 Å². The molecule has 0 atom stereocenters. The van der Waals surface area contributed by atoms with Gasteiger partial charge in [0.1, 0.15) is 17.1 Å². The SMILES string of the molecule is O=C(O)c1cc(O)c(C(=O)O)c(O)c1-c1ccccc1. The number of aromatic hydroxyl groups is 2. The molecule has 2 aromatic rings. The highest BCUT2D eigenvalue weighted by Crippen LogP contribution is 2.40. The van der Waals surface area contributed by atoms with Crippen LogP contribution in [0.3, 0.4) is 0 Å². The fourth-order valence-electron chi connectivity index (χ4n) is 1.93. The van der Waals surface area contributed by atoms with Crippen molar-refractivity contribution in [2.24, 2.45) is 0 Å². The average Bonchev–Trinajstić information content (AvgIpc) is 2.38. The number of benzene rings is 2. The summed E-state index contributed by atoms with van der Waals surface area (Å²) in [6.07, 6.45) is 0. The number of hydrogen-bond acceptors (Lipinski definition) is 4. The maximum Gasteiger partial charge on any atom is 0.343 e. The van der Waals surface area contributed by atoms with Gasteiger partial charge in [-0.05, 0) is 11.6 Å². The molecule has 0 aromatic heterocycles. The molecule has 2 rings (SSSR count). The van der Waals surface area contributed by atoms with Crippen molar-refractivity contribution in [2.75, 3.05) is 0 Å². The van der Waals surface area contributed by atoms with Crippen LogP contribution in [0, 0.1) is 0 Å². The van der Waals surface area contributed by atoms with Gasteiger partial charge in [-0.1, -0.05) is 30.3 Å². The molecule has 0 saturated heterocycles. The molecule has 0 aliphatic rings. The van der Waals surface area contributed by atoms with E-state index in [4.69, 9.17) is 10.2 Å². The van der Waals surface area contributed by atoms with Gasteiger partial charge in [0.05, 0.1) is 5.56 Å². The molecule has 0 bridgehead atoms. The first-order chi connectivity index (χ1) is 9.43. The molecule has 0 saturated carbocycles. The summed E-state index contributed by atoms with van der Waals surface area (Å²) in [4.78, 5) is 22.3. The maximum atomic E-state index is 11.2. The summed E-state index contributed by atoms with van der Waals surface area (Å²) in [5, 5.41) is 37.7. The third kappa shape index (κ3) is 2.14. The predicted octanol–water partition coefficient (Wildman–Crippen LogP) is 2.16. The van der Waals surface area contributed by atoms with Gasteiger partial charge >= 0.3 is 11.9 Å². The first kappa shape index (κ1) is 13.4. The van der Waals surface area contributed by atoms with Crippen LogP contribution >= 0.6 is 0 Å². The van der Waals surface area contributed by atoms with Crippen LogP contribution in [-0.2, 0) is 0 Å². The van der Waals surface area contributed by atoms with E-state index in [1.54, 1.807) is 18.2 Å². The van der Waals surface area contributed by atoms with E-state index in [0.717, 1.165) is 6.07 Å². The van der Waals surface area contributed by atoms with Crippen LogP contribution in [0.4, 0.5) is 0 Å². The summed E-state index contributed by atoms with van der Waals surface area (Å²) in [5.74, 6) is -4.51. The Kier molecular flexibility index (Phi) is 3.30. The predicted molar refractivity (Wildman–Crippen MR) is 69.1 cm³/mol. The lowest BCUT2D eigenvalue weighted by Crippen LogP contribution is -2.05. The van der Waals surface area contributed by atoms with Crippen molar-refractivity contribution in [1.82, 2.24) is 0 Å². The van der Waals surface area contributed by atoms with Gasteiger partial charge in [0, 0.05) is 5.56 Å². The number of carboxylic acid groups (broad SMARTS) is 2. The minimum atomic E-state index is -1.55. The Morgan fingerprint density at radius 3 is 2.00 bits per heavy atom. The minimum absolute atomic E-state index is 0.145. The van der Waals surface area contributed by atoms with Gasteiger partial charge in [-0.15, -0.1) is 0 Å². The number of aromatic carboxylic acids is 2. The van der Waals surface area contributed by atoms with Crippen LogP contribution in [0.15, 0.2) is 36.4 Å². The first-order valence-corrected chi connectivity index (χ1v) is 5.54. The van der Waals surface area contributed by atoms with Gasteiger partial charge in [-0.25, -0.2) is 9.59 Å². The first-order valence-electron chi connectivity index (χ1n) is 5.54. The second kappa shape index (κ2) is 4.93. The summed E-state index contributed by atoms with van der Waals surface area (Å²) in [5.41, 5.74) is -0.914. The van der Waals surface area contributed by atoms with Crippen LogP contribution in [0.5, 0.6) is 11.5 Å². The molecule has 102 valence electrons. The zero-order valence-electron chi connectivity index (χ0n) is 10.1. The van der Waals surface area contributed by atoms with Gasteiger partial charge in [-0.3, -0.25) is 0 Å². The van der Waals surface area contributed by atoms with Crippen molar-refractivity contribution in [3.8, 4) is 22.6 Å². The lowest BCUT2D eigenvalue weighted by atomic mass is 9.95. The summed E-state index contributed by atoms with van der Waals surface area (Å²) < 4.78 is 0. The summed E-state index contributed by atoms with van der Waals surface area (Å²) in [6, 6.07) is 8.81. The highest BCUT2D eigenvalue weighted by atomic mass is 16.4. The molecule has 0 radical (unpaired) electrons. The summed E-state index contributed by atoms with van der Waals surface area (Å²) >= 11 is 0. The standard InChI is InChI=1S/C14H10O6/c15-9-6-8(13(17)18)10(7-4-2-1-3-5-7)12(16)11(9)14(19)20/h1-6,15-16H,(H,17,18)(H,19,20). The lowest BCUT2D eigenvalue weighted by Gasteiger charge is -2.12. The van der Waals surface area contributed by atoms with Gasteiger partial charge in [0.25, 0.3) is 0 Å². The third-order valence-electron chi connectivity index (χ3n) is 2.79. The molecular formula is C14H10O6. The number of phenols is 2. The number of rotatable bonds is 3. The molecule has 6 heteroatoms. The van der Waals surface area contributed by atoms with Gasteiger partial charge < -0.3 is 20.4 Å². The van der Waals surface area contributed by atoms with E-state index in [0.29, 0.717) is 5.56 Å². The largest absolute Gasteiger partial charge is 0.507 e. The van der Waals surface area contributed by atoms with Crippen molar-refractivity contribution >= 4 is 11.9 Å². The molecule has 20 heavy (non-hydrogen) atoms. The van der Waals surface area contributed by atoms with Crippen molar-refractivity contribution in [2.45, 2.75) is 0 Å². The van der Waals surface area contributed by atoms with Crippen LogP contribution < -0.4 is 0 Å². The zero-order chi connectivity index (χ0) is 14.9. The van der Waals surface area contributed by atoms with Crippen molar-refractivity contribution in [1.29, 1.82) is 0 Å². The fraction of sp³-hybridized carbons (Fsp3) is 0. The van der Waals surface area contributed by atoms with Crippen molar-refractivity contribution < 1.29 is 30.0 Å². The van der Waals surface area contributed by atoms with E-state index in [-0.39, 0.29) is 11.1 Å². The number of carbonyl (C=O) groups is 2. The second-order valence-electron chi connectivity index (χ2n) is 4.02. The molecule has 0 unspecified atom stereocenters. The van der Waals surface area contributed by atoms with E-state index in [1.807, 2.05) is 0 Å². The maximum absolute atomic E-state index is 11.2. The Morgan fingerprint density at radius 1 is 0.900 bits per heavy atom. The number of hydrogen-bond donors (Lipinski definition) is 4. The molecule has 2 aromatic carbocycles. The van der Waals surface area contributed by atoms with E-state index in [1.165, 1.54) is 12.1 Å². The average molecular weight is 274 g/mol. The molecule has 0 aliphatic heterocycles. The Bertz CT molecular complexity index is 691. The van der Waals surface area contributed by atoms with Crippen molar-refractivity contribution in [3.05, 3.63) is 47.5 Å². The topological polar surface area (TPSA) is 115 Å². The molecule has 6 nitrogen and oxygen atoms in total. The van der Waals surface area contributed by atoms with E-state index < -0.39 is 29.0 Å². The van der Waals surface area contributed by atoms with Gasteiger partial charge in [-0.2, -0.15) is 0 Å². The van der Waals surface area contributed by atoms with Crippen LogP contribution in [0.2, 0.25) is 0 Å². The smallest absolute Gasteiger partial charge is 0.343 e. The Labute approximate surface area is 113 Å². The van der Waals surface area contributed by atoms with E-state index in [2.05, 4.69) is 0 Å². The van der Waals surface area contributed by atoms with Crippen LogP contribution in [0.1, 0.15) is 20.7 Å². The number of carboxylic acids is 2. The molecule has 0 fully saturated rings. The highest BCUT2D eigenvalue weighted by molar-refractivity contribution is 6.04. The Morgan fingerprint density at radius 2 is 1.50 bits per heavy atom. The van der Waals surface area contributed by atoms with Crippen molar-refractivity contribution in [3.63, 3.8) is 0 Å². The van der Waals surface area contributed by atoms with Crippen LogP contribution in [0.25, 0.3) is 11.1 Å². The Hall–Kier alpha value is -3.02. The highest BCUT2D eigenvalue weighted by Gasteiger charge is 2.25. The quantitative estimate of drug-likeness (QED) is 0.681. The third-order valence-corrected chi connectivity index (χ3v) is 2.79. The summed E-state index contributed by atoms with van der Waals surface area (Å²) in [7, 11) is 0. The lowest BCUT2D eigenvalue weighted by molar-refractivity contribution is 0.0675. The molecule has 0 amide bonds. The normalized spacial score (nSPS) is 10.2. The zero-order valence-corrected chi connectivity index (χ0v) is 10.1. The van der Waals surface area contributed by atoms with Crippen LogP contribution in [-0.4, -0.2) is 32.4 Å². The second-order valence-corrected chi connectivity index (χ2v) is 4.02. The fourth-order valence-corrected chi connectivity index (χ4v) is 1.93. The monoisotopic (exact) mass is 274 g/mol. The summed E-state index contributed by atoms with van der Waals surface area (Å²) in [6.45, 7) is 0. The molecule has 0 spiro atoms. The molecular weight excluding hydrogens is 264 g/mol. The minimum Gasteiger partial charge on any atom is -0.507 e. The molecule has 0 aliphatic carbocycles. The van der Waals surface area contributed by atoms with Gasteiger partial charge in [0.2, 0.25) is 0 Å². The molecule has 4 N–H and O–H groups in total. The van der Waals surface area contributed by atoms with E-state index >= 15 is 0 Å². The molecule has 0 heterocycles. The van der Waals surface area contributed by atoms with Gasteiger partial charge in [0.15, 0.2) is 0 Å². The Balaban J connectivity index is 2.86.